The minimum absolute atomic E-state index is 0.576. The van der Waals surface area contributed by atoms with Crippen molar-refractivity contribution in [1.29, 1.82) is 0 Å². The molecule has 0 aliphatic carbocycles. The highest BCUT2D eigenvalue weighted by Gasteiger charge is 2.01. The zero-order valence-electron chi connectivity index (χ0n) is 15.4. The molecule has 136 valence electrons. The molecule has 0 aliphatic heterocycles. The van der Waals surface area contributed by atoms with E-state index in [4.69, 9.17) is 11.5 Å². The Morgan fingerprint density at radius 2 is 0.852 bits per heavy atom. The van der Waals surface area contributed by atoms with E-state index in [0.29, 0.717) is 13.1 Å². The maximum Gasteiger partial charge on any atom is 0.0208 e. The lowest BCUT2D eigenvalue weighted by molar-refractivity contribution is 0.694. The molecule has 0 amide bonds. The molecular formula is C24H25N3. The summed E-state index contributed by atoms with van der Waals surface area (Å²) in [6.45, 7) is 2.83. The van der Waals surface area contributed by atoms with E-state index in [0.717, 1.165) is 13.1 Å². The fraction of sp³-hybridized carbons (Fsp3) is 0.167. The van der Waals surface area contributed by atoms with Crippen molar-refractivity contribution < 1.29 is 0 Å². The molecule has 4 aromatic rings. The van der Waals surface area contributed by atoms with Gasteiger partial charge in [0.25, 0.3) is 0 Å². The first kappa shape index (κ1) is 17.7. The van der Waals surface area contributed by atoms with Crippen LogP contribution in [0.3, 0.4) is 0 Å². The van der Waals surface area contributed by atoms with Gasteiger partial charge in [-0.15, -0.1) is 0 Å². The summed E-state index contributed by atoms with van der Waals surface area (Å²) >= 11 is 0. The summed E-state index contributed by atoms with van der Waals surface area (Å²) in [5, 5.41) is 8.55. The van der Waals surface area contributed by atoms with E-state index in [1.165, 1.54) is 43.8 Å². The van der Waals surface area contributed by atoms with Gasteiger partial charge in [0.05, 0.1) is 0 Å². The van der Waals surface area contributed by atoms with E-state index >= 15 is 0 Å². The molecule has 0 fully saturated rings. The topological polar surface area (TPSA) is 64.1 Å². The van der Waals surface area contributed by atoms with Gasteiger partial charge in [0.2, 0.25) is 0 Å². The molecule has 0 aromatic heterocycles. The van der Waals surface area contributed by atoms with Gasteiger partial charge in [0.15, 0.2) is 0 Å². The predicted octanol–water partition coefficient (Wildman–Crippen LogP) is 4.20. The zero-order chi connectivity index (χ0) is 18.6. The minimum atomic E-state index is 0.576. The third-order valence-electron chi connectivity index (χ3n) is 5.07. The molecule has 27 heavy (non-hydrogen) atoms. The second-order valence-electron chi connectivity index (χ2n) is 7.04. The Morgan fingerprint density at radius 1 is 0.481 bits per heavy atom. The van der Waals surface area contributed by atoms with E-state index in [9.17, 15) is 0 Å². The van der Waals surface area contributed by atoms with Gasteiger partial charge in [-0.05, 0) is 68.1 Å². The summed E-state index contributed by atoms with van der Waals surface area (Å²) in [7, 11) is 0. The summed E-state index contributed by atoms with van der Waals surface area (Å²) in [5.41, 5.74) is 16.4. The van der Waals surface area contributed by atoms with Crippen LogP contribution in [0.2, 0.25) is 0 Å². The normalized spacial score (nSPS) is 11.3. The van der Waals surface area contributed by atoms with Crippen LogP contribution in [0.15, 0.2) is 72.8 Å². The summed E-state index contributed by atoms with van der Waals surface area (Å²) in [6.07, 6.45) is 0. The summed E-state index contributed by atoms with van der Waals surface area (Å²) in [5.74, 6) is 0. The van der Waals surface area contributed by atoms with Crippen LogP contribution in [-0.2, 0) is 26.2 Å². The van der Waals surface area contributed by atoms with Crippen molar-refractivity contribution in [2.24, 2.45) is 11.5 Å². The molecule has 0 aliphatic rings. The van der Waals surface area contributed by atoms with Crippen molar-refractivity contribution in [1.82, 2.24) is 5.32 Å². The average Bonchev–Trinajstić information content (AvgIpc) is 2.72. The van der Waals surface area contributed by atoms with Gasteiger partial charge in [-0.25, -0.2) is 0 Å². The lowest BCUT2D eigenvalue weighted by Crippen LogP contribution is -2.12. The average molecular weight is 355 g/mol. The number of nitrogens with one attached hydrogen (secondary N) is 1. The number of fused-ring (bicyclic) bond motifs is 2. The Hall–Kier alpha value is -2.72. The summed E-state index contributed by atoms with van der Waals surface area (Å²) < 4.78 is 0. The van der Waals surface area contributed by atoms with Crippen molar-refractivity contribution in [3.05, 3.63) is 95.1 Å². The van der Waals surface area contributed by atoms with Crippen molar-refractivity contribution in [2.45, 2.75) is 26.2 Å². The maximum atomic E-state index is 5.76. The highest BCUT2D eigenvalue weighted by molar-refractivity contribution is 5.84. The molecule has 0 radical (unpaired) electrons. The van der Waals surface area contributed by atoms with Crippen LogP contribution >= 0.6 is 0 Å². The molecule has 0 heterocycles. The summed E-state index contributed by atoms with van der Waals surface area (Å²) in [4.78, 5) is 0. The Labute approximate surface area is 160 Å². The van der Waals surface area contributed by atoms with Gasteiger partial charge in [0, 0.05) is 26.2 Å². The van der Waals surface area contributed by atoms with Gasteiger partial charge in [0.1, 0.15) is 0 Å². The first-order chi connectivity index (χ1) is 13.2. The zero-order valence-corrected chi connectivity index (χ0v) is 15.4. The van der Waals surface area contributed by atoms with Crippen LogP contribution in [0.4, 0.5) is 0 Å². The van der Waals surface area contributed by atoms with Gasteiger partial charge >= 0.3 is 0 Å². The standard InChI is InChI=1S/C24H25N3/c25-13-17-1-5-21-7-3-19(11-23(21)9-17)15-27-16-20-4-8-22-6-2-18(14-26)10-24(22)12-20/h1-12,27H,13-16,25-26H2. The van der Waals surface area contributed by atoms with Crippen LogP contribution in [0, 0.1) is 0 Å². The van der Waals surface area contributed by atoms with Crippen molar-refractivity contribution in [3.8, 4) is 0 Å². The molecule has 5 N–H and O–H groups in total. The Balaban J connectivity index is 1.46. The minimum Gasteiger partial charge on any atom is -0.326 e. The van der Waals surface area contributed by atoms with Gasteiger partial charge in [-0.2, -0.15) is 0 Å². The van der Waals surface area contributed by atoms with Crippen LogP contribution in [0.5, 0.6) is 0 Å². The van der Waals surface area contributed by atoms with E-state index in [1.807, 2.05) is 0 Å². The SMILES string of the molecule is NCc1ccc2ccc(CNCc3ccc4ccc(CN)cc4c3)cc2c1. The van der Waals surface area contributed by atoms with Crippen molar-refractivity contribution in [2.75, 3.05) is 0 Å². The van der Waals surface area contributed by atoms with Crippen LogP contribution in [0.25, 0.3) is 21.5 Å². The monoisotopic (exact) mass is 355 g/mol. The fourth-order valence-electron chi connectivity index (χ4n) is 3.52. The molecule has 0 bridgehead atoms. The first-order valence-corrected chi connectivity index (χ1v) is 9.39. The second-order valence-corrected chi connectivity index (χ2v) is 7.04. The number of nitrogens with two attached hydrogens (primary N) is 2. The Bertz CT molecular complexity index is 998. The molecule has 0 unspecified atom stereocenters. The highest BCUT2D eigenvalue weighted by atomic mass is 14.8. The molecule has 0 atom stereocenters. The lowest BCUT2D eigenvalue weighted by atomic mass is 10.0. The number of benzene rings is 4. The number of hydrogen-bond donors (Lipinski definition) is 3. The third-order valence-corrected chi connectivity index (χ3v) is 5.07. The van der Waals surface area contributed by atoms with E-state index in [2.05, 4.69) is 78.1 Å². The second kappa shape index (κ2) is 7.89. The first-order valence-electron chi connectivity index (χ1n) is 9.39. The molecule has 3 heteroatoms. The van der Waals surface area contributed by atoms with Crippen molar-refractivity contribution in [3.63, 3.8) is 0 Å². The molecule has 4 rings (SSSR count). The van der Waals surface area contributed by atoms with Crippen LogP contribution in [-0.4, -0.2) is 0 Å². The molecule has 0 spiro atoms. The molecule has 0 saturated carbocycles. The molecule has 4 aromatic carbocycles. The smallest absolute Gasteiger partial charge is 0.0208 e. The highest BCUT2D eigenvalue weighted by Crippen LogP contribution is 2.19. The Kier molecular flexibility index (Phi) is 5.16. The lowest BCUT2D eigenvalue weighted by Gasteiger charge is -2.09. The maximum absolute atomic E-state index is 5.76. The van der Waals surface area contributed by atoms with Gasteiger partial charge in [-0.3, -0.25) is 0 Å². The predicted molar refractivity (Wildman–Crippen MR) is 114 cm³/mol. The fourth-order valence-corrected chi connectivity index (χ4v) is 3.52. The van der Waals surface area contributed by atoms with E-state index in [-0.39, 0.29) is 0 Å². The quantitative estimate of drug-likeness (QED) is 0.486. The van der Waals surface area contributed by atoms with Crippen LogP contribution < -0.4 is 16.8 Å². The molecular weight excluding hydrogens is 330 g/mol. The molecule has 0 saturated heterocycles. The van der Waals surface area contributed by atoms with Crippen LogP contribution in [0.1, 0.15) is 22.3 Å². The number of hydrogen-bond acceptors (Lipinski definition) is 3. The molecule has 3 nitrogen and oxygen atoms in total. The van der Waals surface area contributed by atoms with Gasteiger partial charge in [-0.1, -0.05) is 48.5 Å². The van der Waals surface area contributed by atoms with E-state index in [1.54, 1.807) is 0 Å². The number of rotatable bonds is 6. The van der Waals surface area contributed by atoms with Gasteiger partial charge < -0.3 is 16.8 Å². The largest absolute Gasteiger partial charge is 0.326 e. The summed E-state index contributed by atoms with van der Waals surface area (Å²) in [6, 6.07) is 26.0. The van der Waals surface area contributed by atoms with Crippen molar-refractivity contribution >= 4 is 21.5 Å². The van der Waals surface area contributed by atoms with E-state index < -0.39 is 0 Å². The third kappa shape index (κ3) is 4.01. The Morgan fingerprint density at radius 3 is 1.26 bits per heavy atom.